The Morgan fingerprint density at radius 2 is 2.19 bits per heavy atom. The lowest BCUT2D eigenvalue weighted by molar-refractivity contribution is -0.736. The Bertz CT molecular complexity index is 850. The number of nitrogens with zero attached hydrogens (tertiary/aromatic N) is 4. The summed E-state index contributed by atoms with van der Waals surface area (Å²) in [4.78, 5) is 15.7. The Labute approximate surface area is 119 Å². The van der Waals surface area contributed by atoms with Gasteiger partial charge in [-0.25, -0.2) is 23.1 Å². The minimum absolute atomic E-state index is 0.0436. The minimum atomic E-state index is -4.11. The summed E-state index contributed by atoms with van der Waals surface area (Å²) in [5.41, 5.74) is 0.326. The molecule has 0 aliphatic carbocycles. The third kappa shape index (κ3) is 2.88. The van der Waals surface area contributed by atoms with Gasteiger partial charge in [-0.3, -0.25) is 0 Å². The molecular formula is C11H10N5O4S+. The van der Waals surface area contributed by atoms with Gasteiger partial charge in [-0.2, -0.15) is 10.4 Å². The first-order chi connectivity index (χ1) is 9.86. The summed E-state index contributed by atoms with van der Waals surface area (Å²) >= 11 is 0. The fourth-order valence-corrected chi connectivity index (χ4v) is 2.39. The molecule has 108 valence electrons. The van der Waals surface area contributed by atoms with Crippen molar-refractivity contribution in [3.05, 3.63) is 41.1 Å². The second kappa shape index (κ2) is 5.31. The first kappa shape index (κ1) is 14.6. The number of sulfonamides is 1. The fraction of sp³-hybridized carbons (Fsp3) is 0.0909. The molecule has 0 bridgehead atoms. The SMILES string of the molecule is CO[N+](=O)c1ccc(-n2cc(C#N)cn2)c(S(N)(=O)=O)c1. The van der Waals surface area contributed by atoms with Crippen LogP contribution in [0.25, 0.3) is 5.69 Å². The van der Waals surface area contributed by atoms with Gasteiger partial charge >= 0.3 is 5.69 Å². The van der Waals surface area contributed by atoms with E-state index in [2.05, 4.69) is 9.94 Å². The van der Waals surface area contributed by atoms with Crippen LogP contribution >= 0.6 is 0 Å². The van der Waals surface area contributed by atoms with E-state index >= 15 is 0 Å². The van der Waals surface area contributed by atoms with Crippen molar-refractivity contribution in [1.29, 1.82) is 5.26 Å². The summed E-state index contributed by atoms with van der Waals surface area (Å²) in [6, 6.07) is 5.62. The molecule has 0 atom stereocenters. The smallest absolute Gasteiger partial charge is 0.238 e. The van der Waals surface area contributed by atoms with Gasteiger partial charge in [0.15, 0.2) is 7.11 Å². The highest BCUT2D eigenvalue weighted by Gasteiger charge is 2.23. The maximum absolute atomic E-state index is 11.7. The van der Waals surface area contributed by atoms with Gasteiger partial charge in [0, 0.05) is 18.3 Å². The van der Waals surface area contributed by atoms with Crippen LogP contribution in [-0.2, 0) is 14.9 Å². The van der Waals surface area contributed by atoms with Gasteiger partial charge in [-0.05, 0) is 6.07 Å². The summed E-state index contributed by atoms with van der Waals surface area (Å²) < 4.78 is 24.5. The Kier molecular flexibility index (Phi) is 3.70. The second-order valence-corrected chi connectivity index (χ2v) is 5.45. The topological polar surface area (TPSA) is 131 Å². The zero-order valence-corrected chi connectivity index (χ0v) is 11.6. The highest BCUT2D eigenvalue weighted by molar-refractivity contribution is 7.89. The number of primary sulfonamides is 1. The molecule has 2 aromatic rings. The Balaban J connectivity index is 2.66. The molecule has 0 aliphatic heterocycles. The van der Waals surface area contributed by atoms with Crippen molar-refractivity contribution in [2.24, 2.45) is 5.14 Å². The molecule has 0 amide bonds. The second-order valence-electron chi connectivity index (χ2n) is 3.92. The predicted octanol–water partition coefficient (Wildman–Crippen LogP) is 0.363. The van der Waals surface area contributed by atoms with Crippen LogP contribution in [0.2, 0.25) is 0 Å². The van der Waals surface area contributed by atoms with Crippen LogP contribution in [0.15, 0.2) is 35.5 Å². The lowest BCUT2D eigenvalue weighted by atomic mass is 10.3. The number of aromatic nitrogens is 2. The zero-order valence-electron chi connectivity index (χ0n) is 10.8. The fourth-order valence-electron chi connectivity index (χ4n) is 1.65. The number of nitrogens with two attached hydrogens (primary N) is 1. The largest absolute Gasteiger partial charge is 0.318 e. The van der Waals surface area contributed by atoms with Crippen molar-refractivity contribution in [2.75, 3.05) is 7.11 Å². The molecule has 0 fully saturated rings. The van der Waals surface area contributed by atoms with Crippen LogP contribution in [-0.4, -0.2) is 30.2 Å². The van der Waals surface area contributed by atoms with Gasteiger partial charge in [0.05, 0.1) is 22.4 Å². The van der Waals surface area contributed by atoms with E-state index in [0.29, 0.717) is 0 Å². The monoisotopic (exact) mass is 308 g/mol. The number of nitriles is 1. The standard InChI is InChI=1S/C11H10N5O4S/c1-20-16(17)9-2-3-10(11(4-9)21(13,18)19)15-7-8(5-12)6-14-15/h2-4,6-7H,1H3,(H2,13,18,19)/q+1. The summed E-state index contributed by atoms with van der Waals surface area (Å²) in [7, 11) is -2.97. The van der Waals surface area contributed by atoms with E-state index in [1.54, 1.807) is 0 Å². The molecule has 0 saturated heterocycles. The molecule has 10 heteroatoms. The zero-order chi connectivity index (χ0) is 15.6. The van der Waals surface area contributed by atoms with Crippen molar-refractivity contribution >= 4 is 15.7 Å². The maximum Gasteiger partial charge on any atom is 0.318 e. The van der Waals surface area contributed by atoms with Crippen molar-refractivity contribution in [3.63, 3.8) is 0 Å². The minimum Gasteiger partial charge on any atom is -0.238 e. The number of rotatable bonds is 4. The van der Waals surface area contributed by atoms with Crippen LogP contribution in [0, 0.1) is 16.2 Å². The maximum atomic E-state index is 11.7. The van der Waals surface area contributed by atoms with Crippen molar-refractivity contribution < 1.29 is 18.2 Å². The number of benzene rings is 1. The van der Waals surface area contributed by atoms with Gasteiger partial charge in [0.2, 0.25) is 10.0 Å². The third-order valence-corrected chi connectivity index (χ3v) is 3.53. The van der Waals surface area contributed by atoms with E-state index in [1.807, 2.05) is 6.07 Å². The van der Waals surface area contributed by atoms with E-state index in [-0.39, 0.29) is 26.8 Å². The predicted molar refractivity (Wildman–Crippen MR) is 69.9 cm³/mol. The van der Waals surface area contributed by atoms with Crippen LogP contribution in [0.5, 0.6) is 0 Å². The average molecular weight is 308 g/mol. The van der Waals surface area contributed by atoms with Crippen molar-refractivity contribution in [3.8, 4) is 11.8 Å². The summed E-state index contributed by atoms with van der Waals surface area (Å²) in [5.74, 6) is 0. The van der Waals surface area contributed by atoms with E-state index in [9.17, 15) is 13.3 Å². The Morgan fingerprint density at radius 1 is 1.48 bits per heavy atom. The molecule has 0 radical (unpaired) electrons. The molecule has 0 aliphatic rings. The molecule has 2 N–H and O–H groups in total. The average Bonchev–Trinajstić information content (AvgIpc) is 2.93. The van der Waals surface area contributed by atoms with E-state index in [0.717, 1.165) is 13.2 Å². The Hall–Kier alpha value is -2.77. The third-order valence-electron chi connectivity index (χ3n) is 2.59. The Morgan fingerprint density at radius 3 is 2.71 bits per heavy atom. The summed E-state index contributed by atoms with van der Waals surface area (Å²) in [6.45, 7) is 0. The quantitative estimate of drug-likeness (QED) is 0.811. The van der Waals surface area contributed by atoms with Crippen molar-refractivity contribution in [2.45, 2.75) is 4.90 Å². The molecule has 1 heterocycles. The summed E-state index contributed by atoms with van der Waals surface area (Å²) in [5, 5.41) is 17.8. The van der Waals surface area contributed by atoms with Gasteiger partial charge in [-0.1, -0.05) is 0 Å². The van der Waals surface area contributed by atoms with E-state index in [1.165, 1.54) is 29.2 Å². The molecule has 0 unspecified atom stereocenters. The molecule has 9 nitrogen and oxygen atoms in total. The van der Waals surface area contributed by atoms with Crippen LogP contribution in [0.1, 0.15) is 5.56 Å². The summed E-state index contributed by atoms with van der Waals surface area (Å²) in [6.07, 6.45) is 2.62. The van der Waals surface area contributed by atoms with Crippen molar-refractivity contribution in [1.82, 2.24) is 9.78 Å². The van der Waals surface area contributed by atoms with Gasteiger partial charge in [0.1, 0.15) is 11.0 Å². The lowest BCUT2D eigenvalue weighted by Crippen LogP contribution is -2.16. The van der Waals surface area contributed by atoms with E-state index < -0.39 is 10.0 Å². The van der Waals surface area contributed by atoms with E-state index in [4.69, 9.17) is 10.4 Å². The van der Waals surface area contributed by atoms with Gasteiger partial charge in [0.25, 0.3) is 4.92 Å². The lowest BCUT2D eigenvalue weighted by Gasteiger charge is -2.06. The number of hydrogen-bond donors (Lipinski definition) is 1. The molecule has 1 aromatic heterocycles. The molecule has 21 heavy (non-hydrogen) atoms. The highest BCUT2D eigenvalue weighted by Crippen LogP contribution is 2.24. The molecule has 0 spiro atoms. The molecule has 2 rings (SSSR count). The highest BCUT2D eigenvalue weighted by atomic mass is 32.2. The molecule has 0 saturated carbocycles. The van der Waals surface area contributed by atoms with Crippen LogP contribution in [0.3, 0.4) is 0 Å². The van der Waals surface area contributed by atoms with Crippen LogP contribution in [0.4, 0.5) is 5.69 Å². The molecule has 1 aromatic carbocycles. The van der Waals surface area contributed by atoms with Gasteiger partial charge < -0.3 is 0 Å². The number of hydrogen-bond acceptors (Lipinski definition) is 6. The van der Waals surface area contributed by atoms with Crippen LogP contribution < -0.4 is 5.14 Å². The first-order valence-electron chi connectivity index (χ1n) is 5.50. The van der Waals surface area contributed by atoms with Gasteiger partial charge in [-0.15, -0.1) is 0 Å². The normalized spacial score (nSPS) is 10.9. The molecular weight excluding hydrogens is 298 g/mol. The first-order valence-corrected chi connectivity index (χ1v) is 7.05.